The molecule has 1 atom stereocenters. The lowest BCUT2D eigenvalue weighted by atomic mass is 10.1. The second-order valence-corrected chi connectivity index (χ2v) is 4.38. The van der Waals surface area contributed by atoms with Gasteiger partial charge in [0.15, 0.2) is 0 Å². The highest BCUT2D eigenvalue weighted by atomic mass is 35.5. The molecule has 1 aromatic carbocycles. The molecule has 0 bridgehead atoms. The highest BCUT2D eigenvalue weighted by Crippen LogP contribution is 2.19. The first-order chi connectivity index (χ1) is 8.20. The molecule has 1 heterocycles. The predicted octanol–water partition coefficient (Wildman–Crippen LogP) is 1.22. The Bertz CT molecular complexity index is 412. The van der Waals surface area contributed by atoms with Crippen LogP contribution in [0.25, 0.3) is 0 Å². The lowest BCUT2D eigenvalue weighted by Gasteiger charge is -2.16. The van der Waals surface area contributed by atoms with Crippen LogP contribution in [0.4, 0.5) is 0 Å². The lowest BCUT2D eigenvalue weighted by molar-refractivity contribution is -0.129. The SMILES string of the molecule is COc1ccccc1CC(=O)N1CC[C@H](N)C1.Cl. The normalized spacial score (nSPS) is 18.3. The monoisotopic (exact) mass is 270 g/mol. The fraction of sp³-hybridized carbons (Fsp3) is 0.462. The fourth-order valence-corrected chi connectivity index (χ4v) is 2.14. The van der Waals surface area contributed by atoms with Gasteiger partial charge in [0.25, 0.3) is 0 Å². The van der Waals surface area contributed by atoms with Crippen LogP contribution in [0.5, 0.6) is 5.75 Å². The summed E-state index contributed by atoms with van der Waals surface area (Å²) < 4.78 is 5.23. The first-order valence-corrected chi connectivity index (χ1v) is 5.86. The predicted molar refractivity (Wildman–Crippen MR) is 73.1 cm³/mol. The molecule has 1 saturated heterocycles. The average Bonchev–Trinajstić information content (AvgIpc) is 2.77. The summed E-state index contributed by atoms with van der Waals surface area (Å²) in [5, 5.41) is 0. The van der Waals surface area contributed by atoms with Crippen molar-refractivity contribution in [2.24, 2.45) is 5.73 Å². The van der Waals surface area contributed by atoms with Gasteiger partial charge in [0, 0.05) is 24.7 Å². The van der Waals surface area contributed by atoms with Crippen molar-refractivity contribution in [2.45, 2.75) is 18.9 Å². The van der Waals surface area contributed by atoms with Crippen molar-refractivity contribution in [3.05, 3.63) is 29.8 Å². The van der Waals surface area contributed by atoms with Crippen molar-refractivity contribution in [3.8, 4) is 5.75 Å². The molecular weight excluding hydrogens is 252 g/mol. The molecule has 1 aliphatic heterocycles. The van der Waals surface area contributed by atoms with Gasteiger partial charge in [0.05, 0.1) is 13.5 Å². The second kappa shape index (κ2) is 6.61. The van der Waals surface area contributed by atoms with Crippen LogP contribution < -0.4 is 10.5 Å². The molecule has 100 valence electrons. The van der Waals surface area contributed by atoms with Gasteiger partial charge in [0.1, 0.15) is 5.75 Å². The van der Waals surface area contributed by atoms with Gasteiger partial charge in [0.2, 0.25) is 5.91 Å². The van der Waals surface area contributed by atoms with Crippen LogP contribution in [0.3, 0.4) is 0 Å². The minimum Gasteiger partial charge on any atom is -0.496 e. The topological polar surface area (TPSA) is 55.6 Å². The number of benzene rings is 1. The van der Waals surface area contributed by atoms with Gasteiger partial charge in [-0.25, -0.2) is 0 Å². The van der Waals surface area contributed by atoms with Crippen molar-refractivity contribution in [1.82, 2.24) is 4.90 Å². The Hall–Kier alpha value is -1.26. The zero-order chi connectivity index (χ0) is 12.3. The molecule has 0 saturated carbocycles. The zero-order valence-electron chi connectivity index (χ0n) is 10.5. The maximum absolute atomic E-state index is 12.0. The third-order valence-electron chi connectivity index (χ3n) is 3.11. The van der Waals surface area contributed by atoms with Crippen LogP contribution in [-0.2, 0) is 11.2 Å². The van der Waals surface area contributed by atoms with Crippen molar-refractivity contribution in [3.63, 3.8) is 0 Å². The summed E-state index contributed by atoms with van der Waals surface area (Å²) in [5.41, 5.74) is 6.72. The number of hydrogen-bond acceptors (Lipinski definition) is 3. The number of halogens is 1. The van der Waals surface area contributed by atoms with Gasteiger partial charge in [-0.2, -0.15) is 0 Å². The quantitative estimate of drug-likeness (QED) is 0.899. The highest BCUT2D eigenvalue weighted by molar-refractivity contribution is 5.85. The molecule has 0 radical (unpaired) electrons. The van der Waals surface area contributed by atoms with Gasteiger partial charge in [-0.05, 0) is 12.5 Å². The molecule has 0 aromatic heterocycles. The molecule has 2 N–H and O–H groups in total. The molecule has 1 amide bonds. The van der Waals surface area contributed by atoms with E-state index in [1.54, 1.807) is 7.11 Å². The smallest absolute Gasteiger partial charge is 0.227 e. The molecule has 18 heavy (non-hydrogen) atoms. The van der Waals surface area contributed by atoms with E-state index in [4.69, 9.17) is 10.5 Å². The molecule has 0 spiro atoms. The Labute approximate surface area is 114 Å². The van der Waals surface area contributed by atoms with E-state index in [-0.39, 0.29) is 24.4 Å². The van der Waals surface area contributed by atoms with Gasteiger partial charge >= 0.3 is 0 Å². The third-order valence-corrected chi connectivity index (χ3v) is 3.11. The van der Waals surface area contributed by atoms with Crippen LogP contribution in [0.2, 0.25) is 0 Å². The van der Waals surface area contributed by atoms with Gasteiger partial charge in [-0.1, -0.05) is 18.2 Å². The standard InChI is InChI=1S/C13H18N2O2.ClH/c1-17-12-5-3-2-4-10(12)8-13(16)15-7-6-11(14)9-15;/h2-5,11H,6-9,14H2,1H3;1H/t11-;/m0./s1. The number of amides is 1. The molecule has 1 aromatic rings. The molecule has 5 heteroatoms. The summed E-state index contributed by atoms with van der Waals surface area (Å²) in [4.78, 5) is 13.9. The summed E-state index contributed by atoms with van der Waals surface area (Å²) >= 11 is 0. The van der Waals surface area contributed by atoms with Gasteiger partial charge in [-0.15, -0.1) is 12.4 Å². The number of carbonyl (C=O) groups is 1. The Morgan fingerprint density at radius 1 is 1.50 bits per heavy atom. The molecular formula is C13H19ClN2O2. The number of methoxy groups -OCH3 is 1. The number of nitrogens with two attached hydrogens (primary N) is 1. The van der Waals surface area contributed by atoms with Crippen molar-refractivity contribution >= 4 is 18.3 Å². The largest absolute Gasteiger partial charge is 0.496 e. The molecule has 4 nitrogen and oxygen atoms in total. The minimum atomic E-state index is 0. The average molecular weight is 271 g/mol. The maximum Gasteiger partial charge on any atom is 0.227 e. The zero-order valence-corrected chi connectivity index (χ0v) is 11.3. The first kappa shape index (κ1) is 14.8. The fourth-order valence-electron chi connectivity index (χ4n) is 2.14. The van der Waals surface area contributed by atoms with E-state index in [9.17, 15) is 4.79 Å². The minimum absolute atomic E-state index is 0. The van der Waals surface area contributed by atoms with E-state index in [0.29, 0.717) is 13.0 Å². The molecule has 1 aliphatic rings. The number of hydrogen-bond donors (Lipinski definition) is 1. The van der Waals surface area contributed by atoms with Crippen LogP contribution in [0.1, 0.15) is 12.0 Å². The Morgan fingerprint density at radius 2 is 2.22 bits per heavy atom. The van der Waals surface area contributed by atoms with Gasteiger partial charge < -0.3 is 15.4 Å². The van der Waals surface area contributed by atoms with E-state index in [2.05, 4.69) is 0 Å². The second-order valence-electron chi connectivity index (χ2n) is 4.38. The van der Waals surface area contributed by atoms with E-state index < -0.39 is 0 Å². The van der Waals surface area contributed by atoms with E-state index >= 15 is 0 Å². The number of rotatable bonds is 3. The lowest BCUT2D eigenvalue weighted by Crippen LogP contribution is -2.32. The molecule has 0 aliphatic carbocycles. The Morgan fingerprint density at radius 3 is 2.83 bits per heavy atom. The van der Waals surface area contributed by atoms with E-state index in [0.717, 1.165) is 24.3 Å². The van der Waals surface area contributed by atoms with Crippen molar-refractivity contribution < 1.29 is 9.53 Å². The van der Waals surface area contributed by atoms with Crippen molar-refractivity contribution in [1.29, 1.82) is 0 Å². The first-order valence-electron chi connectivity index (χ1n) is 5.86. The summed E-state index contributed by atoms with van der Waals surface area (Å²) in [6, 6.07) is 7.75. The van der Waals surface area contributed by atoms with Crippen molar-refractivity contribution in [2.75, 3.05) is 20.2 Å². The summed E-state index contributed by atoms with van der Waals surface area (Å²) in [7, 11) is 1.62. The summed E-state index contributed by atoms with van der Waals surface area (Å²) in [6.45, 7) is 1.45. The van der Waals surface area contributed by atoms with Crippen LogP contribution in [0.15, 0.2) is 24.3 Å². The summed E-state index contributed by atoms with van der Waals surface area (Å²) in [5.74, 6) is 0.895. The van der Waals surface area contributed by atoms with Gasteiger partial charge in [-0.3, -0.25) is 4.79 Å². The number of ether oxygens (including phenoxy) is 1. The molecule has 1 fully saturated rings. The highest BCUT2D eigenvalue weighted by Gasteiger charge is 2.23. The van der Waals surface area contributed by atoms with Crippen LogP contribution in [-0.4, -0.2) is 37.0 Å². The number of nitrogens with zero attached hydrogens (tertiary/aromatic N) is 1. The molecule has 2 rings (SSSR count). The maximum atomic E-state index is 12.0. The molecule has 0 unspecified atom stereocenters. The third kappa shape index (κ3) is 3.37. The van der Waals surface area contributed by atoms with E-state index in [1.807, 2.05) is 29.2 Å². The summed E-state index contributed by atoms with van der Waals surface area (Å²) in [6.07, 6.45) is 1.29. The van der Waals surface area contributed by atoms with E-state index in [1.165, 1.54) is 0 Å². The number of para-hydroxylation sites is 1. The number of carbonyl (C=O) groups excluding carboxylic acids is 1. The Kier molecular flexibility index (Phi) is 5.44. The van der Waals surface area contributed by atoms with Crippen LogP contribution >= 0.6 is 12.4 Å². The number of likely N-dealkylation sites (tertiary alicyclic amines) is 1. The van der Waals surface area contributed by atoms with Crippen LogP contribution in [0, 0.1) is 0 Å². The Balaban J connectivity index is 0.00000162.